The van der Waals surface area contributed by atoms with Gasteiger partial charge in [-0.3, -0.25) is 9.78 Å². The summed E-state index contributed by atoms with van der Waals surface area (Å²) >= 11 is 0. The molecule has 0 spiro atoms. The lowest BCUT2D eigenvalue weighted by Crippen LogP contribution is -2.43. The average molecular weight is 299 g/mol. The van der Waals surface area contributed by atoms with E-state index in [0.29, 0.717) is 24.3 Å². The van der Waals surface area contributed by atoms with Gasteiger partial charge in [-0.2, -0.15) is 0 Å². The second-order valence-electron chi connectivity index (χ2n) is 5.23. The number of ether oxygens (including phenoxy) is 1. The molecule has 1 fully saturated rings. The molecule has 1 aliphatic rings. The van der Waals surface area contributed by atoms with E-state index in [1.54, 1.807) is 12.3 Å². The van der Waals surface area contributed by atoms with Gasteiger partial charge in [-0.25, -0.2) is 4.39 Å². The number of rotatable bonds is 3. The van der Waals surface area contributed by atoms with Gasteiger partial charge in [-0.15, -0.1) is 0 Å². The molecule has 1 atom stereocenters. The maximum Gasteiger partial charge on any atom is 0.261 e. The van der Waals surface area contributed by atoms with Gasteiger partial charge >= 0.3 is 0 Å². The monoisotopic (exact) mass is 299 g/mol. The Morgan fingerprint density at radius 1 is 1.50 bits per heavy atom. The summed E-state index contributed by atoms with van der Waals surface area (Å²) in [5.74, 6) is -0.293. The van der Waals surface area contributed by atoms with Crippen molar-refractivity contribution in [3.05, 3.63) is 48.0 Å². The second-order valence-corrected chi connectivity index (χ2v) is 5.23. The molecule has 4 nitrogen and oxygen atoms in total. The first-order valence-electron chi connectivity index (χ1n) is 7.23. The van der Waals surface area contributed by atoms with Crippen LogP contribution in [-0.2, 0) is 4.79 Å². The van der Waals surface area contributed by atoms with E-state index in [2.05, 4.69) is 16.4 Å². The number of carbonyl (C=O) groups is 1. The van der Waals surface area contributed by atoms with Crippen LogP contribution in [0.2, 0.25) is 0 Å². The Balaban J connectivity index is 1.98. The highest BCUT2D eigenvalue weighted by Crippen LogP contribution is 2.33. The maximum atomic E-state index is 13.6. The summed E-state index contributed by atoms with van der Waals surface area (Å²) in [4.78, 5) is 16.1. The summed E-state index contributed by atoms with van der Waals surface area (Å²) in [7, 11) is 0. The highest BCUT2D eigenvalue weighted by molar-refractivity contribution is 5.82. The van der Waals surface area contributed by atoms with Crippen LogP contribution in [0.1, 0.15) is 18.5 Å². The first kappa shape index (κ1) is 14.5. The van der Waals surface area contributed by atoms with E-state index >= 15 is 0 Å². The van der Waals surface area contributed by atoms with Gasteiger partial charge in [0.25, 0.3) is 5.91 Å². The van der Waals surface area contributed by atoms with Crippen molar-refractivity contribution in [2.75, 3.05) is 6.54 Å². The van der Waals surface area contributed by atoms with E-state index in [9.17, 15) is 9.18 Å². The summed E-state index contributed by atoms with van der Waals surface area (Å²) in [5, 5.41) is 2.76. The molecule has 2 aromatic rings. The molecule has 1 aliphatic heterocycles. The Morgan fingerprint density at radius 3 is 3.14 bits per heavy atom. The lowest BCUT2D eigenvalue weighted by Gasteiger charge is -2.24. The van der Waals surface area contributed by atoms with Crippen molar-refractivity contribution < 1.29 is 13.9 Å². The van der Waals surface area contributed by atoms with Crippen LogP contribution < -0.4 is 10.1 Å². The van der Waals surface area contributed by atoms with Crippen molar-refractivity contribution >= 4 is 5.91 Å². The molecule has 113 valence electrons. The number of nitrogens with one attached hydrogen (secondary N) is 1. The van der Waals surface area contributed by atoms with Gasteiger partial charge < -0.3 is 10.1 Å². The summed E-state index contributed by atoms with van der Waals surface area (Å²) < 4.78 is 19.4. The number of aryl methyl sites for hydroxylation is 1. The molecule has 0 bridgehead atoms. The van der Waals surface area contributed by atoms with E-state index in [4.69, 9.17) is 4.74 Å². The number of halogens is 1. The molecular formula is C17H16FN2O2. The van der Waals surface area contributed by atoms with Crippen LogP contribution in [0.5, 0.6) is 5.75 Å². The van der Waals surface area contributed by atoms with E-state index in [0.717, 1.165) is 17.7 Å². The van der Waals surface area contributed by atoms with Gasteiger partial charge in [0.1, 0.15) is 11.6 Å². The van der Waals surface area contributed by atoms with E-state index < -0.39 is 11.9 Å². The maximum absolute atomic E-state index is 13.6. The molecule has 1 aromatic heterocycles. The molecule has 0 aliphatic carbocycles. The first-order valence-corrected chi connectivity index (χ1v) is 7.23. The molecule has 1 radical (unpaired) electrons. The zero-order chi connectivity index (χ0) is 15.5. The van der Waals surface area contributed by atoms with Gasteiger partial charge in [-0.1, -0.05) is 6.07 Å². The molecule has 5 heteroatoms. The highest BCUT2D eigenvalue weighted by atomic mass is 19.1. The molecule has 2 heterocycles. The summed E-state index contributed by atoms with van der Waals surface area (Å²) in [6.07, 6.45) is 2.56. The molecular weight excluding hydrogens is 283 g/mol. The van der Waals surface area contributed by atoms with Crippen LogP contribution >= 0.6 is 0 Å². The third-order valence-electron chi connectivity index (χ3n) is 3.65. The zero-order valence-corrected chi connectivity index (χ0v) is 12.2. The lowest BCUT2D eigenvalue weighted by atomic mass is 10.0. The Hall–Kier alpha value is -2.43. The van der Waals surface area contributed by atoms with E-state index in [1.807, 2.05) is 13.0 Å². The Labute approximate surface area is 128 Å². The van der Waals surface area contributed by atoms with Gasteiger partial charge in [-0.05, 0) is 38.0 Å². The predicted molar refractivity (Wildman–Crippen MR) is 79.9 cm³/mol. The fourth-order valence-corrected chi connectivity index (χ4v) is 2.51. The van der Waals surface area contributed by atoms with Crippen LogP contribution in [0.4, 0.5) is 4.39 Å². The van der Waals surface area contributed by atoms with Crippen molar-refractivity contribution in [3.8, 4) is 16.9 Å². The van der Waals surface area contributed by atoms with Gasteiger partial charge in [0.2, 0.25) is 0 Å². The zero-order valence-electron chi connectivity index (χ0n) is 12.2. The summed E-state index contributed by atoms with van der Waals surface area (Å²) in [6.45, 7) is 2.52. The predicted octanol–water partition coefficient (Wildman–Crippen LogP) is 2.65. The Bertz CT molecular complexity index is 703. The van der Waals surface area contributed by atoms with Crippen LogP contribution in [0.3, 0.4) is 0 Å². The molecule has 0 saturated carbocycles. The molecule has 22 heavy (non-hydrogen) atoms. The second kappa shape index (κ2) is 6.13. The number of hydrogen-bond acceptors (Lipinski definition) is 3. The SMILES string of the molecule is Cc1ncccc1-c1[c]cc(F)cc1OC1CCCNC1=O. The number of pyridine rings is 1. The molecule has 1 N–H and O–H groups in total. The van der Waals surface area contributed by atoms with Gasteiger partial charge in [0.05, 0.1) is 0 Å². The summed E-state index contributed by atoms with van der Waals surface area (Å²) in [5.41, 5.74) is 2.22. The Kier molecular flexibility index (Phi) is 4.04. The number of piperidine rings is 1. The average Bonchev–Trinajstić information content (AvgIpc) is 2.51. The largest absolute Gasteiger partial charge is 0.480 e. The van der Waals surface area contributed by atoms with Crippen molar-refractivity contribution in [1.82, 2.24) is 10.3 Å². The topological polar surface area (TPSA) is 51.2 Å². The number of amides is 1. The van der Waals surface area contributed by atoms with Crippen molar-refractivity contribution in [1.29, 1.82) is 0 Å². The minimum atomic E-state index is -0.598. The van der Waals surface area contributed by atoms with Crippen LogP contribution in [0.25, 0.3) is 11.1 Å². The van der Waals surface area contributed by atoms with Crippen LogP contribution in [-0.4, -0.2) is 23.5 Å². The van der Waals surface area contributed by atoms with Crippen LogP contribution in [0.15, 0.2) is 30.5 Å². The van der Waals surface area contributed by atoms with Gasteiger partial charge in [0.15, 0.2) is 6.10 Å². The molecule has 3 rings (SSSR count). The standard InChI is InChI=1S/C17H16FN2O2/c1-11-13(4-2-8-19-11)14-7-6-12(18)10-16(14)22-15-5-3-9-20-17(15)21/h2,4,6,8,10,15H,3,5,9H2,1H3,(H,20,21). The number of aromatic nitrogens is 1. The van der Waals surface area contributed by atoms with E-state index in [-0.39, 0.29) is 5.91 Å². The number of benzene rings is 1. The third-order valence-corrected chi connectivity index (χ3v) is 3.65. The third kappa shape index (κ3) is 2.93. The molecule has 1 aromatic carbocycles. The van der Waals surface area contributed by atoms with Crippen LogP contribution in [0, 0.1) is 18.8 Å². The highest BCUT2D eigenvalue weighted by Gasteiger charge is 2.25. The van der Waals surface area contributed by atoms with Crippen molar-refractivity contribution in [2.24, 2.45) is 0 Å². The smallest absolute Gasteiger partial charge is 0.261 e. The summed E-state index contributed by atoms with van der Waals surface area (Å²) in [6, 6.07) is 9.12. The number of hydrogen-bond donors (Lipinski definition) is 1. The minimum absolute atomic E-state index is 0.163. The van der Waals surface area contributed by atoms with E-state index in [1.165, 1.54) is 12.1 Å². The quantitative estimate of drug-likeness (QED) is 0.948. The van der Waals surface area contributed by atoms with Crippen molar-refractivity contribution in [2.45, 2.75) is 25.9 Å². The normalized spacial score (nSPS) is 17.9. The lowest BCUT2D eigenvalue weighted by molar-refractivity contribution is -0.129. The van der Waals surface area contributed by atoms with Crippen molar-refractivity contribution in [3.63, 3.8) is 0 Å². The Morgan fingerprint density at radius 2 is 2.36 bits per heavy atom. The molecule has 1 unspecified atom stereocenters. The fraction of sp³-hybridized carbons (Fsp3) is 0.294. The fourth-order valence-electron chi connectivity index (χ4n) is 2.51. The minimum Gasteiger partial charge on any atom is -0.480 e. The molecule has 1 amide bonds. The first-order chi connectivity index (χ1) is 10.6. The van der Waals surface area contributed by atoms with Gasteiger partial charge in [0, 0.05) is 35.6 Å². The molecule has 1 saturated heterocycles. The number of carbonyl (C=O) groups excluding carboxylic acids is 1. The number of nitrogens with zero attached hydrogens (tertiary/aromatic N) is 1.